The van der Waals surface area contributed by atoms with Crippen LogP contribution in [0.2, 0.25) is 10.0 Å². The zero-order chi connectivity index (χ0) is 14.0. The van der Waals surface area contributed by atoms with Crippen molar-refractivity contribution in [1.29, 1.82) is 0 Å². The molecular formula is C11H6Cl2N2O3S. The number of carbonyl (C=O) groups is 2. The first kappa shape index (κ1) is 13.8. The number of carboxylic acid groups (broad SMARTS) is 1. The van der Waals surface area contributed by atoms with Gasteiger partial charge < -0.3 is 5.11 Å². The maximum absolute atomic E-state index is 11.9. The molecular weight excluding hydrogens is 311 g/mol. The average Bonchev–Trinajstić information content (AvgIpc) is 2.80. The molecule has 19 heavy (non-hydrogen) atoms. The van der Waals surface area contributed by atoms with Gasteiger partial charge in [0, 0.05) is 10.4 Å². The minimum atomic E-state index is -1.16. The molecule has 5 nitrogen and oxygen atoms in total. The maximum atomic E-state index is 11.9. The molecule has 2 aromatic rings. The van der Waals surface area contributed by atoms with Gasteiger partial charge in [-0.15, -0.1) is 11.3 Å². The molecule has 0 spiro atoms. The smallest absolute Gasteiger partial charge is 0.355 e. The van der Waals surface area contributed by atoms with Crippen LogP contribution >= 0.6 is 34.5 Å². The van der Waals surface area contributed by atoms with Crippen molar-refractivity contribution in [3.63, 3.8) is 0 Å². The number of hydrogen-bond acceptors (Lipinski definition) is 4. The van der Waals surface area contributed by atoms with Gasteiger partial charge in [-0.25, -0.2) is 9.78 Å². The summed E-state index contributed by atoms with van der Waals surface area (Å²) in [6, 6.07) is 4.49. The van der Waals surface area contributed by atoms with Crippen LogP contribution in [0.1, 0.15) is 20.8 Å². The highest BCUT2D eigenvalue weighted by molar-refractivity contribution is 7.14. The first-order chi connectivity index (χ1) is 8.97. The molecule has 0 bridgehead atoms. The van der Waals surface area contributed by atoms with Crippen molar-refractivity contribution in [2.45, 2.75) is 0 Å². The summed E-state index contributed by atoms with van der Waals surface area (Å²) < 4.78 is 0. The predicted molar refractivity (Wildman–Crippen MR) is 73.5 cm³/mol. The molecule has 1 aromatic carbocycles. The molecule has 0 saturated carbocycles. The van der Waals surface area contributed by atoms with Gasteiger partial charge in [0.1, 0.15) is 0 Å². The van der Waals surface area contributed by atoms with Crippen molar-refractivity contribution < 1.29 is 14.7 Å². The van der Waals surface area contributed by atoms with Crippen molar-refractivity contribution >= 4 is 51.5 Å². The van der Waals surface area contributed by atoms with Crippen molar-refractivity contribution in [3.05, 3.63) is 44.9 Å². The molecule has 0 radical (unpaired) electrons. The number of nitrogens with one attached hydrogen (secondary N) is 1. The highest BCUT2D eigenvalue weighted by Crippen LogP contribution is 2.23. The van der Waals surface area contributed by atoms with E-state index in [1.807, 2.05) is 0 Å². The normalized spacial score (nSPS) is 10.2. The van der Waals surface area contributed by atoms with E-state index >= 15 is 0 Å². The summed E-state index contributed by atoms with van der Waals surface area (Å²) in [6.45, 7) is 0. The summed E-state index contributed by atoms with van der Waals surface area (Å²) in [5.74, 6) is -1.66. The third-order valence-corrected chi connectivity index (χ3v) is 3.44. The van der Waals surface area contributed by atoms with Gasteiger partial charge in [0.05, 0.1) is 10.6 Å². The molecule has 1 heterocycles. The molecule has 2 rings (SSSR count). The number of hydrogen-bond donors (Lipinski definition) is 2. The fourth-order valence-electron chi connectivity index (χ4n) is 1.27. The Labute approximate surface area is 121 Å². The third-order valence-electron chi connectivity index (χ3n) is 2.12. The van der Waals surface area contributed by atoms with Crippen molar-refractivity contribution in [2.75, 3.05) is 5.32 Å². The van der Waals surface area contributed by atoms with Gasteiger partial charge in [0.2, 0.25) is 0 Å². The first-order valence-electron chi connectivity index (χ1n) is 4.92. The average molecular weight is 317 g/mol. The number of nitrogens with zero attached hydrogens (tertiary/aromatic N) is 1. The second-order valence-electron chi connectivity index (χ2n) is 3.42. The summed E-state index contributed by atoms with van der Waals surface area (Å²) >= 11 is 12.7. The molecule has 1 amide bonds. The number of carbonyl (C=O) groups excluding carboxylic acids is 1. The Balaban J connectivity index is 2.20. The molecule has 0 aliphatic rings. The fourth-order valence-corrected chi connectivity index (χ4v) is 2.32. The number of anilines is 1. The highest BCUT2D eigenvalue weighted by atomic mass is 35.5. The lowest BCUT2D eigenvalue weighted by molar-refractivity contribution is 0.0691. The zero-order valence-corrected chi connectivity index (χ0v) is 11.5. The highest BCUT2D eigenvalue weighted by Gasteiger charge is 2.14. The summed E-state index contributed by atoms with van der Waals surface area (Å²) in [5.41, 5.74) is 0.0683. The molecule has 0 aliphatic carbocycles. The number of aromatic carboxylic acids is 1. The molecule has 0 unspecified atom stereocenters. The van der Waals surface area contributed by atoms with Gasteiger partial charge in [-0.2, -0.15) is 0 Å². The van der Waals surface area contributed by atoms with Crippen LogP contribution in [0.25, 0.3) is 0 Å². The molecule has 0 aliphatic heterocycles. The Morgan fingerprint density at radius 2 is 2.05 bits per heavy atom. The van der Waals surface area contributed by atoms with Crippen LogP contribution in [0.15, 0.2) is 23.6 Å². The largest absolute Gasteiger partial charge is 0.476 e. The first-order valence-corrected chi connectivity index (χ1v) is 6.56. The van der Waals surface area contributed by atoms with E-state index in [0.29, 0.717) is 5.02 Å². The van der Waals surface area contributed by atoms with Crippen LogP contribution in [0, 0.1) is 0 Å². The van der Waals surface area contributed by atoms with Crippen LogP contribution < -0.4 is 5.32 Å². The monoisotopic (exact) mass is 316 g/mol. The number of halogens is 2. The van der Waals surface area contributed by atoms with Gasteiger partial charge >= 0.3 is 5.97 Å². The van der Waals surface area contributed by atoms with Gasteiger partial charge in [0.25, 0.3) is 5.91 Å². The third kappa shape index (κ3) is 3.23. The number of carboxylic acids is 1. The van der Waals surface area contributed by atoms with E-state index in [9.17, 15) is 9.59 Å². The fraction of sp³-hybridized carbons (Fsp3) is 0. The summed E-state index contributed by atoms with van der Waals surface area (Å²) in [6.07, 6.45) is 0. The Bertz CT molecular complexity index is 657. The van der Waals surface area contributed by atoms with E-state index in [0.717, 1.165) is 11.3 Å². The number of thiazole rings is 1. The second-order valence-corrected chi connectivity index (χ2v) is 5.12. The van der Waals surface area contributed by atoms with Gasteiger partial charge in [-0.1, -0.05) is 23.2 Å². The summed E-state index contributed by atoms with van der Waals surface area (Å²) in [7, 11) is 0. The summed E-state index contributed by atoms with van der Waals surface area (Å²) in [4.78, 5) is 26.3. The van der Waals surface area contributed by atoms with Gasteiger partial charge in [0.15, 0.2) is 10.8 Å². The van der Waals surface area contributed by atoms with Crippen LogP contribution in [0.5, 0.6) is 0 Å². The number of benzene rings is 1. The Morgan fingerprint density at radius 1 is 1.32 bits per heavy atom. The molecule has 1 aromatic heterocycles. The molecule has 2 N–H and O–H groups in total. The van der Waals surface area contributed by atoms with E-state index in [1.54, 1.807) is 6.07 Å². The standard InChI is InChI=1S/C11H6Cl2N2O3S/c12-5-1-2-7(13)6(3-5)9(16)15-11-14-8(4-19-11)10(17)18/h1-4H,(H,17,18)(H,14,15,16). The molecule has 8 heteroatoms. The lowest BCUT2D eigenvalue weighted by Crippen LogP contribution is -2.12. The topological polar surface area (TPSA) is 79.3 Å². The quantitative estimate of drug-likeness (QED) is 0.909. The SMILES string of the molecule is O=C(O)c1csc(NC(=O)c2cc(Cl)ccc2Cl)n1. The minimum Gasteiger partial charge on any atom is -0.476 e. The Hall–Kier alpha value is -1.63. The molecule has 0 atom stereocenters. The van der Waals surface area contributed by atoms with Gasteiger partial charge in [-0.3, -0.25) is 10.1 Å². The van der Waals surface area contributed by atoms with E-state index in [1.165, 1.54) is 17.5 Å². The number of aromatic nitrogens is 1. The van der Waals surface area contributed by atoms with E-state index < -0.39 is 11.9 Å². The maximum Gasteiger partial charge on any atom is 0.355 e. The number of rotatable bonds is 3. The van der Waals surface area contributed by atoms with E-state index in [4.69, 9.17) is 28.3 Å². The zero-order valence-electron chi connectivity index (χ0n) is 9.18. The molecule has 98 valence electrons. The Kier molecular flexibility index (Phi) is 4.04. The van der Waals surface area contributed by atoms with E-state index in [2.05, 4.69) is 10.3 Å². The van der Waals surface area contributed by atoms with Crippen molar-refractivity contribution in [2.24, 2.45) is 0 Å². The van der Waals surface area contributed by atoms with Crippen LogP contribution in [-0.2, 0) is 0 Å². The lowest BCUT2D eigenvalue weighted by atomic mass is 10.2. The van der Waals surface area contributed by atoms with Gasteiger partial charge in [-0.05, 0) is 18.2 Å². The molecule has 0 saturated heterocycles. The van der Waals surface area contributed by atoms with Crippen LogP contribution in [0.4, 0.5) is 5.13 Å². The minimum absolute atomic E-state index is 0.127. The number of amides is 1. The van der Waals surface area contributed by atoms with Crippen LogP contribution in [-0.4, -0.2) is 22.0 Å². The lowest BCUT2D eigenvalue weighted by Gasteiger charge is -2.04. The second kappa shape index (κ2) is 5.56. The predicted octanol–water partition coefficient (Wildman–Crippen LogP) is 3.40. The summed E-state index contributed by atoms with van der Waals surface area (Å²) in [5, 5.41) is 13.3. The van der Waals surface area contributed by atoms with Crippen LogP contribution in [0.3, 0.4) is 0 Å². The Morgan fingerprint density at radius 3 is 2.68 bits per heavy atom. The van der Waals surface area contributed by atoms with Crippen molar-refractivity contribution in [1.82, 2.24) is 4.98 Å². The molecule has 0 fully saturated rings. The van der Waals surface area contributed by atoms with E-state index in [-0.39, 0.29) is 21.4 Å². The van der Waals surface area contributed by atoms with Crippen molar-refractivity contribution in [3.8, 4) is 0 Å².